The van der Waals surface area contributed by atoms with Crippen LogP contribution in [0.25, 0.3) is 0 Å². The van der Waals surface area contributed by atoms with Gasteiger partial charge < -0.3 is 15.6 Å². The van der Waals surface area contributed by atoms with Crippen LogP contribution < -0.4 is 10.7 Å². The SMILES string of the molecule is N=C/C=N\Nc1cc(F)ccc1C(=O)N1CC2CNCC2C1. The molecule has 2 unspecified atom stereocenters. The molecule has 0 aromatic heterocycles. The number of likely N-dealkylation sites (tertiary alicyclic amines) is 1. The molecular formula is C15H18FN5O. The van der Waals surface area contributed by atoms with Gasteiger partial charge in [0.05, 0.1) is 17.5 Å². The van der Waals surface area contributed by atoms with Crippen molar-refractivity contribution in [3.63, 3.8) is 0 Å². The molecule has 1 aromatic carbocycles. The van der Waals surface area contributed by atoms with Crippen LogP contribution in [0.4, 0.5) is 10.1 Å². The lowest BCUT2D eigenvalue weighted by Gasteiger charge is -2.19. The summed E-state index contributed by atoms with van der Waals surface area (Å²) in [6, 6.07) is 4.00. The highest BCUT2D eigenvalue weighted by molar-refractivity contribution is 6.14. The summed E-state index contributed by atoms with van der Waals surface area (Å²) in [6.45, 7) is 3.37. The maximum absolute atomic E-state index is 13.4. The van der Waals surface area contributed by atoms with Crippen molar-refractivity contribution in [2.24, 2.45) is 16.9 Å². The van der Waals surface area contributed by atoms with Gasteiger partial charge in [-0.05, 0) is 30.0 Å². The smallest absolute Gasteiger partial charge is 0.256 e. The molecule has 0 radical (unpaired) electrons. The van der Waals surface area contributed by atoms with Crippen molar-refractivity contribution in [2.75, 3.05) is 31.6 Å². The zero-order valence-corrected chi connectivity index (χ0v) is 12.1. The van der Waals surface area contributed by atoms with Crippen LogP contribution >= 0.6 is 0 Å². The first-order valence-electron chi connectivity index (χ1n) is 7.26. The summed E-state index contributed by atoms with van der Waals surface area (Å²) in [5, 5.41) is 14.0. The Bertz CT molecular complexity index is 606. The molecule has 0 spiro atoms. The van der Waals surface area contributed by atoms with E-state index in [4.69, 9.17) is 5.41 Å². The molecule has 2 heterocycles. The number of hydrazone groups is 1. The van der Waals surface area contributed by atoms with Crippen LogP contribution in [0.5, 0.6) is 0 Å². The summed E-state index contributed by atoms with van der Waals surface area (Å²) in [5.74, 6) is 0.474. The monoisotopic (exact) mass is 303 g/mol. The van der Waals surface area contributed by atoms with Gasteiger partial charge >= 0.3 is 0 Å². The van der Waals surface area contributed by atoms with E-state index in [0.29, 0.717) is 23.1 Å². The highest BCUT2D eigenvalue weighted by Crippen LogP contribution is 2.29. The zero-order chi connectivity index (χ0) is 15.5. The van der Waals surface area contributed by atoms with Crippen molar-refractivity contribution >= 4 is 24.0 Å². The molecule has 6 nitrogen and oxygen atoms in total. The minimum atomic E-state index is -0.438. The number of benzene rings is 1. The van der Waals surface area contributed by atoms with Gasteiger partial charge in [0.2, 0.25) is 0 Å². The molecule has 2 fully saturated rings. The Balaban J connectivity index is 1.79. The maximum atomic E-state index is 13.4. The molecule has 3 rings (SSSR count). The predicted octanol–water partition coefficient (Wildman–Crippen LogP) is 1.16. The molecule has 2 atom stereocenters. The number of fused-ring (bicyclic) bond motifs is 1. The van der Waals surface area contributed by atoms with E-state index in [1.165, 1.54) is 24.4 Å². The van der Waals surface area contributed by atoms with Gasteiger partial charge in [-0.15, -0.1) is 0 Å². The second-order valence-corrected chi connectivity index (χ2v) is 5.64. The summed E-state index contributed by atoms with van der Waals surface area (Å²) in [5.41, 5.74) is 3.35. The number of hydrogen-bond acceptors (Lipinski definition) is 5. The summed E-state index contributed by atoms with van der Waals surface area (Å²) in [6.07, 6.45) is 2.23. The Labute approximate surface area is 127 Å². The van der Waals surface area contributed by atoms with E-state index in [1.807, 2.05) is 4.90 Å². The minimum absolute atomic E-state index is 0.109. The first-order chi connectivity index (χ1) is 10.7. The van der Waals surface area contributed by atoms with Gasteiger partial charge in [-0.3, -0.25) is 10.2 Å². The van der Waals surface area contributed by atoms with E-state index in [0.717, 1.165) is 32.4 Å². The van der Waals surface area contributed by atoms with E-state index in [1.54, 1.807) is 0 Å². The molecule has 1 aromatic rings. The van der Waals surface area contributed by atoms with E-state index in [9.17, 15) is 9.18 Å². The van der Waals surface area contributed by atoms with Crippen LogP contribution in [0, 0.1) is 23.1 Å². The van der Waals surface area contributed by atoms with Crippen LogP contribution in [0.2, 0.25) is 0 Å². The Hall–Kier alpha value is -2.28. The van der Waals surface area contributed by atoms with Gasteiger partial charge in [-0.2, -0.15) is 5.10 Å². The van der Waals surface area contributed by atoms with Crippen molar-refractivity contribution in [3.05, 3.63) is 29.6 Å². The molecule has 0 aliphatic carbocycles. The second-order valence-electron chi connectivity index (χ2n) is 5.64. The third kappa shape index (κ3) is 2.85. The number of halogens is 1. The number of nitrogens with one attached hydrogen (secondary N) is 3. The standard InChI is InChI=1S/C15H18FN5O/c16-12-1-2-13(14(5-12)20-19-4-3-17)15(22)21-8-10-6-18-7-11(10)9-21/h1-5,10-11,17-18,20H,6-9H2/b17-3?,19-4-. The fourth-order valence-electron chi connectivity index (χ4n) is 3.13. The van der Waals surface area contributed by atoms with Crippen molar-refractivity contribution in [3.8, 4) is 0 Å². The fraction of sp³-hybridized carbons (Fsp3) is 0.400. The van der Waals surface area contributed by atoms with E-state index in [-0.39, 0.29) is 5.91 Å². The number of carbonyl (C=O) groups is 1. The summed E-state index contributed by atoms with van der Waals surface area (Å²) in [7, 11) is 0. The predicted molar refractivity (Wildman–Crippen MR) is 83.1 cm³/mol. The van der Waals surface area contributed by atoms with Gasteiger partial charge in [0.1, 0.15) is 5.82 Å². The molecule has 7 heteroatoms. The van der Waals surface area contributed by atoms with E-state index < -0.39 is 5.82 Å². The first kappa shape index (κ1) is 14.6. The Kier molecular flexibility index (Phi) is 4.15. The average molecular weight is 303 g/mol. The largest absolute Gasteiger partial charge is 0.338 e. The van der Waals surface area contributed by atoms with Gasteiger partial charge in [-0.25, -0.2) is 4.39 Å². The highest BCUT2D eigenvalue weighted by Gasteiger charge is 2.38. The minimum Gasteiger partial charge on any atom is -0.338 e. The molecule has 2 saturated heterocycles. The maximum Gasteiger partial charge on any atom is 0.256 e. The van der Waals surface area contributed by atoms with Crippen LogP contribution in [0.1, 0.15) is 10.4 Å². The van der Waals surface area contributed by atoms with Crippen LogP contribution in [-0.4, -0.2) is 49.4 Å². The number of hydrogen-bond donors (Lipinski definition) is 3. The molecule has 3 N–H and O–H groups in total. The normalized spacial score (nSPS) is 23.8. The van der Waals surface area contributed by atoms with Crippen molar-refractivity contribution in [1.29, 1.82) is 5.41 Å². The number of rotatable bonds is 4. The van der Waals surface area contributed by atoms with Gasteiger partial charge in [0.15, 0.2) is 0 Å². The topological polar surface area (TPSA) is 80.6 Å². The van der Waals surface area contributed by atoms with Crippen LogP contribution in [0.15, 0.2) is 23.3 Å². The summed E-state index contributed by atoms with van der Waals surface area (Å²) < 4.78 is 13.4. The third-order valence-corrected chi connectivity index (χ3v) is 4.22. The molecule has 0 saturated carbocycles. The number of carbonyl (C=O) groups excluding carboxylic acids is 1. The number of amides is 1. The van der Waals surface area contributed by atoms with Crippen molar-refractivity contribution in [2.45, 2.75) is 0 Å². The van der Waals surface area contributed by atoms with Crippen molar-refractivity contribution < 1.29 is 9.18 Å². The Morgan fingerprint density at radius 3 is 2.82 bits per heavy atom. The first-order valence-corrected chi connectivity index (χ1v) is 7.26. The molecule has 116 valence electrons. The molecule has 2 aliphatic heterocycles. The van der Waals surface area contributed by atoms with Gasteiger partial charge in [-0.1, -0.05) is 0 Å². The van der Waals surface area contributed by atoms with Gasteiger partial charge in [0, 0.05) is 32.4 Å². The molecule has 2 aliphatic rings. The Morgan fingerprint density at radius 1 is 1.41 bits per heavy atom. The summed E-state index contributed by atoms with van der Waals surface area (Å²) in [4.78, 5) is 14.5. The second kappa shape index (κ2) is 6.23. The molecule has 22 heavy (non-hydrogen) atoms. The quantitative estimate of drug-likeness (QED) is 0.577. The zero-order valence-electron chi connectivity index (χ0n) is 12.1. The molecule has 0 bridgehead atoms. The lowest BCUT2D eigenvalue weighted by atomic mass is 10.0. The average Bonchev–Trinajstić information content (AvgIpc) is 3.08. The Morgan fingerprint density at radius 2 is 2.14 bits per heavy atom. The number of anilines is 1. The van der Waals surface area contributed by atoms with E-state index in [2.05, 4.69) is 15.8 Å². The summed E-state index contributed by atoms with van der Waals surface area (Å²) >= 11 is 0. The van der Waals surface area contributed by atoms with Crippen LogP contribution in [-0.2, 0) is 0 Å². The highest BCUT2D eigenvalue weighted by atomic mass is 19.1. The third-order valence-electron chi connectivity index (χ3n) is 4.22. The van der Waals surface area contributed by atoms with Crippen LogP contribution in [0.3, 0.4) is 0 Å². The van der Waals surface area contributed by atoms with Crippen molar-refractivity contribution in [1.82, 2.24) is 10.2 Å². The lowest BCUT2D eigenvalue weighted by Crippen LogP contribution is -2.32. The van der Waals surface area contributed by atoms with Gasteiger partial charge in [0.25, 0.3) is 5.91 Å². The molecule has 1 amide bonds. The lowest BCUT2D eigenvalue weighted by molar-refractivity contribution is 0.0782. The number of nitrogens with zero attached hydrogens (tertiary/aromatic N) is 2. The van der Waals surface area contributed by atoms with E-state index >= 15 is 0 Å². The molecular weight excluding hydrogens is 285 g/mol. The fourth-order valence-corrected chi connectivity index (χ4v) is 3.13.